The average Bonchev–Trinajstić information content (AvgIpc) is 2.76. The highest BCUT2D eigenvalue weighted by Crippen LogP contribution is 2.30. The van der Waals surface area contributed by atoms with Crippen LogP contribution in [0.1, 0.15) is 26.3 Å². The van der Waals surface area contributed by atoms with Gasteiger partial charge in [0.15, 0.2) is 0 Å². The first-order valence-corrected chi connectivity index (χ1v) is 8.75. The van der Waals surface area contributed by atoms with E-state index in [1.54, 1.807) is 48.5 Å². The summed E-state index contributed by atoms with van der Waals surface area (Å²) in [6.45, 7) is 0. The van der Waals surface area contributed by atoms with E-state index < -0.39 is 11.9 Å². The van der Waals surface area contributed by atoms with Crippen LogP contribution >= 0.6 is 0 Å². The fourth-order valence-electron chi connectivity index (χ4n) is 2.83. The third kappa shape index (κ3) is 4.26. The summed E-state index contributed by atoms with van der Waals surface area (Å²) in [6.07, 6.45) is 1.31. The molecule has 0 fully saturated rings. The van der Waals surface area contributed by atoms with Crippen LogP contribution in [0.2, 0.25) is 0 Å². The summed E-state index contributed by atoms with van der Waals surface area (Å²) in [5.74, 6) is 3.79. The van der Waals surface area contributed by atoms with Crippen LogP contribution in [-0.4, -0.2) is 31.2 Å². The molecule has 0 radical (unpaired) electrons. The summed E-state index contributed by atoms with van der Waals surface area (Å²) in [6, 6.07) is 14.4. The van der Waals surface area contributed by atoms with E-state index in [4.69, 9.17) is 26.5 Å². The van der Waals surface area contributed by atoms with E-state index in [2.05, 4.69) is 10.4 Å². The maximum atomic E-state index is 12.6. The highest BCUT2D eigenvalue weighted by atomic mass is 16.5. The highest BCUT2D eigenvalue weighted by molar-refractivity contribution is 6.09. The van der Waals surface area contributed by atoms with Gasteiger partial charge in [0.2, 0.25) is 0 Å². The lowest BCUT2D eigenvalue weighted by molar-refractivity contribution is 0.0595. The van der Waals surface area contributed by atoms with Crippen molar-refractivity contribution in [1.82, 2.24) is 5.43 Å². The van der Waals surface area contributed by atoms with Crippen molar-refractivity contribution in [2.75, 3.05) is 7.11 Å². The van der Waals surface area contributed by atoms with Gasteiger partial charge in [0.1, 0.15) is 23.5 Å². The van der Waals surface area contributed by atoms with Gasteiger partial charge in [-0.25, -0.2) is 20.4 Å². The van der Waals surface area contributed by atoms with Crippen LogP contribution in [0.3, 0.4) is 0 Å². The third-order valence-electron chi connectivity index (χ3n) is 4.28. The van der Waals surface area contributed by atoms with E-state index >= 15 is 0 Å². The summed E-state index contributed by atoms with van der Waals surface area (Å²) >= 11 is 0. The Hall–Kier alpha value is -4.24. The number of esters is 2. The molecule has 9 heteroatoms. The van der Waals surface area contributed by atoms with Crippen LogP contribution in [0.25, 0.3) is 10.8 Å². The van der Waals surface area contributed by atoms with E-state index in [0.717, 1.165) is 0 Å². The number of rotatable bonds is 6. The second-order valence-electron chi connectivity index (χ2n) is 6.14. The number of carbonyl (C=O) groups excluding carboxylic acids is 2. The summed E-state index contributed by atoms with van der Waals surface area (Å²) in [5.41, 5.74) is 9.30. The number of methoxy groups -OCH3 is 1. The number of hydrogen-bond acceptors (Lipinski definition) is 7. The molecule has 0 atom stereocenters. The normalized spacial score (nSPS) is 10.7. The smallest absolute Gasteiger partial charge is 0.343 e. The largest absolute Gasteiger partial charge is 0.465 e. The molecule has 0 heterocycles. The molecule has 0 bridgehead atoms. The lowest BCUT2D eigenvalue weighted by Gasteiger charge is -2.12. The topological polar surface area (TPSA) is 153 Å². The molecule has 0 spiro atoms. The fraction of sp³-hybridized carbons (Fsp3) is 0.0476. The summed E-state index contributed by atoms with van der Waals surface area (Å²) in [4.78, 5) is 29.0. The zero-order valence-corrected chi connectivity index (χ0v) is 16.0. The average molecular weight is 405 g/mol. The van der Waals surface area contributed by atoms with Gasteiger partial charge in [0.05, 0.1) is 18.4 Å². The van der Waals surface area contributed by atoms with Crippen LogP contribution in [0, 0.1) is 5.41 Å². The molecule has 3 aromatic rings. The number of hydrazine groups is 1. The van der Waals surface area contributed by atoms with Crippen LogP contribution in [0.15, 0.2) is 59.6 Å². The Morgan fingerprint density at radius 1 is 1.03 bits per heavy atom. The first-order valence-electron chi connectivity index (χ1n) is 8.75. The molecule has 0 aliphatic heterocycles. The van der Waals surface area contributed by atoms with Gasteiger partial charge in [-0.05, 0) is 41.8 Å². The predicted octanol–water partition coefficient (Wildman–Crippen LogP) is 2.25. The molecule has 3 rings (SSSR count). The number of nitrogens with zero attached hydrogens (tertiary/aromatic N) is 1. The van der Waals surface area contributed by atoms with E-state index in [0.29, 0.717) is 22.0 Å². The van der Waals surface area contributed by atoms with Gasteiger partial charge < -0.3 is 20.6 Å². The Balaban J connectivity index is 1.97. The molecule has 0 saturated heterocycles. The molecule has 9 nitrogen and oxygen atoms in total. The van der Waals surface area contributed by atoms with E-state index in [1.807, 2.05) is 0 Å². The van der Waals surface area contributed by atoms with E-state index in [1.165, 1.54) is 19.5 Å². The molecule has 0 aliphatic carbocycles. The first kappa shape index (κ1) is 20.5. The molecular formula is C21H19N5O4. The maximum absolute atomic E-state index is 12.6. The monoisotopic (exact) mass is 405 g/mol. The number of carbonyl (C=O) groups is 2. The van der Waals surface area contributed by atoms with Crippen molar-refractivity contribution >= 4 is 40.6 Å². The van der Waals surface area contributed by atoms with E-state index in [9.17, 15) is 9.59 Å². The van der Waals surface area contributed by atoms with Crippen LogP contribution in [0.4, 0.5) is 5.69 Å². The maximum Gasteiger partial charge on any atom is 0.343 e. The van der Waals surface area contributed by atoms with Gasteiger partial charge in [0.25, 0.3) is 0 Å². The zero-order valence-electron chi connectivity index (χ0n) is 16.0. The number of ether oxygens (including phenoxy) is 2. The molecule has 152 valence electrons. The number of hydrogen-bond donors (Lipinski definition) is 4. The molecule has 0 aromatic heterocycles. The zero-order chi connectivity index (χ0) is 21.7. The summed E-state index contributed by atoms with van der Waals surface area (Å²) in [7, 11) is 1.24. The second kappa shape index (κ2) is 8.84. The summed E-state index contributed by atoms with van der Waals surface area (Å²) < 4.78 is 10.4. The number of aliphatic imine (C=N–C) groups is 1. The first-order chi connectivity index (χ1) is 14.4. The van der Waals surface area contributed by atoms with Crippen LogP contribution < -0.4 is 21.7 Å². The van der Waals surface area contributed by atoms with Crippen molar-refractivity contribution in [2.24, 2.45) is 16.6 Å². The Morgan fingerprint density at radius 3 is 2.37 bits per heavy atom. The number of benzene rings is 3. The lowest BCUT2D eigenvalue weighted by Crippen LogP contribution is -2.18. The van der Waals surface area contributed by atoms with Crippen molar-refractivity contribution in [1.29, 1.82) is 5.41 Å². The number of amidine groups is 1. The van der Waals surface area contributed by atoms with Crippen molar-refractivity contribution in [2.45, 2.75) is 0 Å². The van der Waals surface area contributed by atoms with Crippen molar-refractivity contribution < 1.29 is 19.1 Å². The second-order valence-corrected chi connectivity index (χ2v) is 6.14. The molecule has 0 aliphatic rings. The van der Waals surface area contributed by atoms with Crippen LogP contribution in [0.5, 0.6) is 5.75 Å². The van der Waals surface area contributed by atoms with Gasteiger partial charge in [-0.3, -0.25) is 5.41 Å². The molecule has 0 unspecified atom stereocenters. The minimum absolute atomic E-state index is 0.0596. The minimum Gasteiger partial charge on any atom is -0.465 e. The molecule has 0 saturated carbocycles. The Kier molecular flexibility index (Phi) is 6.04. The van der Waals surface area contributed by atoms with Crippen molar-refractivity contribution in [3.8, 4) is 5.75 Å². The van der Waals surface area contributed by atoms with Gasteiger partial charge in [-0.15, -0.1) is 0 Å². The minimum atomic E-state index is -0.655. The highest BCUT2D eigenvalue weighted by Gasteiger charge is 2.20. The van der Waals surface area contributed by atoms with Gasteiger partial charge in [-0.1, -0.05) is 18.2 Å². The van der Waals surface area contributed by atoms with Crippen molar-refractivity contribution in [3.05, 3.63) is 71.3 Å². The molecule has 3 aromatic carbocycles. The summed E-state index contributed by atoms with van der Waals surface area (Å²) in [5, 5.41) is 8.73. The predicted molar refractivity (Wildman–Crippen MR) is 113 cm³/mol. The third-order valence-corrected chi connectivity index (χ3v) is 4.28. The van der Waals surface area contributed by atoms with Crippen LogP contribution in [-0.2, 0) is 4.74 Å². The standard InChI is InChI=1S/C21H19N5O4/c1-29-21(28)18-16-8-4-14(19(22)23)10-13(16)5-9-17(18)30-20(27)12-2-6-15(7-3-12)25-11-26-24/h2-11H,24H2,1H3,(H3,22,23)(H,25,26). The number of nitrogen functional groups attached to an aromatic ring is 1. The quantitative estimate of drug-likeness (QED) is 0.122. The Morgan fingerprint density at radius 2 is 1.73 bits per heavy atom. The molecular weight excluding hydrogens is 386 g/mol. The SMILES string of the molecule is COC(=O)c1c(OC(=O)c2ccc(N=CNN)cc2)ccc2cc(C(=N)N)ccc12. The fourth-order valence-corrected chi connectivity index (χ4v) is 2.83. The number of fused-ring (bicyclic) bond motifs is 1. The van der Waals surface area contributed by atoms with Gasteiger partial charge >= 0.3 is 11.9 Å². The molecule has 30 heavy (non-hydrogen) atoms. The number of nitrogens with one attached hydrogen (secondary N) is 2. The lowest BCUT2D eigenvalue weighted by atomic mass is 10.0. The van der Waals surface area contributed by atoms with Gasteiger partial charge in [-0.2, -0.15) is 0 Å². The Labute approximate surface area is 171 Å². The number of nitrogens with two attached hydrogens (primary N) is 2. The van der Waals surface area contributed by atoms with Crippen molar-refractivity contribution in [3.63, 3.8) is 0 Å². The molecule has 6 N–H and O–H groups in total. The molecule has 0 amide bonds. The van der Waals surface area contributed by atoms with E-state index in [-0.39, 0.29) is 22.7 Å². The Bertz CT molecular complexity index is 1160. The van der Waals surface area contributed by atoms with Gasteiger partial charge in [0, 0.05) is 10.9 Å².